The summed E-state index contributed by atoms with van der Waals surface area (Å²) in [4.78, 5) is 25.6. The Labute approximate surface area is 120 Å². The van der Waals surface area contributed by atoms with Crippen LogP contribution in [0.2, 0.25) is 0 Å². The summed E-state index contributed by atoms with van der Waals surface area (Å²) in [7, 11) is 0. The highest BCUT2D eigenvalue weighted by atomic mass is 16.2. The number of nitrogens with one attached hydrogen (secondary N) is 2. The van der Waals surface area contributed by atoms with Crippen LogP contribution in [0.1, 0.15) is 38.5 Å². The minimum Gasteiger partial charge on any atom is -0.335 e. The summed E-state index contributed by atoms with van der Waals surface area (Å²) in [5, 5.41) is 5.28. The zero-order valence-electron chi connectivity index (χ0n) is 12.1. The minimum absolute atomic E-state index is 0.224. The molecule has 1 unspecified atom stereocenters. The fraction of sp³-hybridized carbons (Fsp3) is 0.857. The van der Waals surface area contributed by atoms with Crippen molar-refractivity contribution in [1.82, 2.24) is 15.5 Å². The molecule has 2 rings (SSSR count). The van der Waals surface area contributed by atoms with Gasteiger partial charge in [-0.15, -0.1) is 0 Å². The predicted molar refractivity (Wildman–Crippen MR) is 77.1 cm³/mol. The Bertz CT molecular complexity index is 342. The van der Waals surface area contributed by atoms with Gasteiger partial charge < -0.3 is 11.1 Å². The third kappa shape index (κ3) is 4.76. The predicted octanol–water partition coefficient (Wildman–Crippen LogP) is 0.426. The maximum atomic E-state index is 11.8. The van der Waals surface area contributed by atoms with E-state index >= 15 is 0 Å². The Balaban J connectivity index is 1.67. The van der Waals surface area contributed by atoms with Gasteiger partial charge in [-0.05, 0) is 44.7 Å². The van der Waals surface area contributed by atoms with Gasteiger partial charge in [-0.3, -0.25) is 15.0 Å². The molecule has 0 radical (unpaired) electrons. The molecule has 1 atom stereocenters. The number of carbonyl (C=O) groups is 2. The van der Waals surface area contributed by atoms with Gasteiger partial charge in [0.25, 0.3) is 0 Å². The van der Waals surface area contributed by atoms with E-state index < -0.39 is 0 Å². The van der Waals surface area contributed by atoms with Gasteiger partial charge in [0.2, 0.25) is 5.91 Å². The van der Waals surface area contributed by atoms with Gasteiger partial charge in [-0.1, -0.05) is 12.8 Å². The molecule has 114 valence electrons. The fourth-order valence-electron chi connectivity index (χ4n) is 3.15. The Hall–Kier alpha value is -1.14. The maximum Gasteiger partial charge on any atom is 0.321 e. The van der Waals surface area contributed by atoms with Gasteiger partial charge in [-0.25, -0.2) is 4.79 Å². The molecule has 1 saturated carbocycles. The first-order valence-corrected chi connectivity index (χ1v) is 7.70. The molecule has 6 heteroatoms. The molecule has 0 aromatic carbocycles. The number of amides is 3. The van der Waals surface area contributed by atoms with Crippen LogP contribution in [0, 0.1) is 5.92 Å². The summed E-state index contributed by atoms with van der Waals surface area (Å²) in [6.45, 7) is 2.72. The Morgan fingerprint density at radius 1 is 1.15 bits per heavy atom. The first-order valence-electron chi connectivity index (χ1n) is 7.70. The average molecular weight is 282 g/mol. The lowest BCUT2D eigenvalue weighted by atomic mass is 9.98. The molecule has 1 heterocycles. The van der Waals surface area contributed by atoms with Gasteiger partial charge in [-0.2, -0.15) is 0 Å². The monoisotopic (exact) mass is 282 g/mol. The first kappa shape index (κ1) is 15.3. The first-order chi connectivity index (χ1) is 9.67. The van der Waals surface area contributed by atoms with Crippen LogP contribution < -0.4 is 16.4 Å². The Morgan fingerprint density at radius 2 is 1.90 bits per heavy atom. The summed E-state index contributed by atoms with van der Waals surface area (Å²) in [6, 6.07) is -0.117. The van der Waals surface area contributed by atoms with E-state index in [4.69, 9.17) is 5.73 Å². The number of nitrogens with zero attached hydrogens (tertiary/aromatic N) is 1. The van der Waals surface area contributed by atoms with Crippen molar-refractivity contribution in [1.29, 1.82) is 0 Å². The number of rotatable bonds is 4. The number of hydrogen-bond acceptors (Lipinski definition) is 4. The number of urea groups is 1. The van der Waals surface area contributed by atoms with Crippen LogP contribution in [-0.2, 0) is 4.79 Å². The van der Waals surface area contributed by atoms with Crippen LogP contribution in [0.15, 0.2) is 0 Å². The van der Waals surface area contributed by atoms with E-state index in [9.17, 15) is 9.59 Å². The number of imide groups is 1. The highest BCUT2D eigenvalue weighted by Gasteiger charge is 2.22. The Kier molecular flexibility index (Phi) is 5.79. The van der Waals surface area contributed by atoms with Crippen molar-refractivity contribution in [3.8, 4) is 0 Å². The van der Waals surface area contributed by atoms with E-state index in [0.717, 1.165) is 51.6 Å². The van der Waals surface area contributed by atoms with Gasteiger partial charge in [0.05, 0.1) is 6.54 Å². The molecular weight excluding hydrogens is 256 g/mol. The third-order valence-corrected chi connectivity index (χ3v) is 4.25. The molecule has 2 fully saturated rings. The van der Waals surface area contributed by atoms with Gasteiger partial charge in [0.15, 0.2) is 0 Å². The van der Waals surface area contributed by atoms with Crippen molar-refractivity contribution in [3.63, 3.8) is 0 Å². The van der Waals surface area contributed by atoms with E-state index in [2.05, 4.69) is 15.5 Å². The van der Waals surface area contributed by atoms with Gasteiger partial charge >= 0.3 is 6.03 Å². The summed E-state index contributed by atoms with van der Waals surface area (Å²) in [5.74, 6) is 0.252. The summed E-state index contributed by atoms with van der Waals surface area (Å²) < 4.78 is 0. The number of piperidine rings is 1. The van der Waals surface area contributed by atoms with Crippen LogP contribution in [0.25, 0.3) is 0 Å². The lowest BCUT2D eigenvalue weighted by Crippen LogP contribution is -2.49. The van der Waals surface area contributed by atoms with Gasteiger partial charge in [0, 0.05) is 12.6 Å². The van der Waals surface area contributed by atoms with Crippen molar-refractivity contribution >= 4 is 11.9 Å². The van der Waals surface area contributed by atoms with Crippen LogP contribution in [0.5, 0.6) is 0 Å². The number of hydrogen-bond donors (Lipinski definition) is 3. The highest BCUT2D eigenvalue weighted by molar-refractivity contribution is 5.95. The third-order valence-electron chi connectivity index (χ3n) is 4.25. The van der Waals surface area contributed by atoms with Crippen LogP contribution in [-0.4, -0.2) is 49.1 Å². The van der Waals surface area contributed by atoms with Gasteiger partial charge in [0.1, 0.15) is 0 Å². The van der Waals surface area contributed by atoms with E-state index in [1.54, 1.807) is 0 Å². The van der Waals surface area contributed by atoms with Crippen LogP contribution in [0.4, 0.5) is 4.79 Å². The Morgan fingerprint density at radius 3 is 2.60 bits per heavy atom. The van der Waals surface area contributed by atoms with Crippen molar-refractivity contribution in [2.24, 2.45) is 11.7 Å². The molecule has 1 saturated heterocycles. The number of nitrogens with two attached hydrogens (primary N) is 1. The number of likely N-dealkylation sites (tertiary alicyclic amines) is 1. The molecule has 0 bridgehead atoms. The lowest BCUT2D eigenvalue weighted by Gasteiger charge is -2.31. The molecule has 0 spiro atoms. The maximum absolute atomic E-state index is 11.8. The number of carbonyl (C=O) groups excluding carboxylic acids is 2. The molecule has 1 aliphatic heterocycles. The molecule has 4 N–H and O–H groups in total. The quantitative estimate of drug-likeness (QED) is 0.697. The second kappa shape index (κ2) is 7.59. The van der Waals surface area contributed by atoms with Crippen molar-refractivity contribution < 1.29 is 9.59 Å². The largest absolute Gasteiger partial charge is 0.335 e. The molecule has 0 aromatic rings. The molecule has 6 nitrogen and oxygen atoms in total. The standard InChI is InChI=1S/C14H26N4O2/c15-8-11-4-3-7-18(9-11)10-13(19)17-14(20)16-12-5-1-2-6-12/h11-12H,1-10,15H2,(H2,16,17,19,20). The second-order valence-electron chi connectivity index (χ2n) is 5.98. The van der Waals surface area contributed by atoms with E-state index in [0.29, 0.717) is 12.5 Å². The topological polar surface area (TPSA) is 87.5 Å². The van der Waals surface area contributed by atoms with Crippen molar-refractivity contribution in [3.05, 3.63) is 0 Å². The molecular formula is C14H26N4O2. The van der Waals surface area contributed by atoms with Crippen molar-refractivity contribution in [2.45, 2.75) is 44.6 Å². The fourth-order valence-corrected chi connectivity index (χ4v) is 3.15. The SMILES string of the molecule is NCC1CCCN(CC(=O)NC(=O)NC2CCCC2)C1. The van der Waals surface area contributed by atoms with Crippen LogP contribution in [0.3, 0.4) is 0 Å². The molecule has 2 aliphatic rings. The molecule has 0 aromatic heterocycles. The van der Waals surface area contributed by atoms with E-state index in [-0.39, 0.29) is 24.5 Å². The summed E-state index contributed by atoms with van der Waals surface area (Å²) in [5.41, 5.74) is 5.68. The zero-order valence-corrected chi connectivity index (χ0v) is 12.1. The molecule has 3 amide bonds. The average Bonchev–Trinajstić information content (AvgIpc) is 2.91. The highest BCUT2D eigenvalue weighted by Crippen LogP contribution is 2.17. The molecule has 20 heavy (non-hydrogen) atoms. The molecule has 1 aliphatic carbocycles. The minimum atomic E-state index is -0.353. The van der Waals surface area contributed by atoms with Crippen molar-refractivity contribution in [2.75, 3.05) is 26.2 Å². The zero-order chi connectivity index (χ0) is 14.4. The van der Waals surface area contributed by atoms with E-state index in [1.807, 2.05) is 0 Å². The summed E-state index contributed by atoms with van der Waals surface area (Å²) >= 11 is 0. The summed E-state index contributed by atoms with van der Waals surface area (Å²) in [6.07, 6.45) is 6.57. The van der Waals surface area contributed by atoms with E-state index in [1.165, 1.54) is 0 Å². The lowest BCUT2D eigenvalue weighted by molar-refractivity contribution is -0.121. The van der Waals surface area contributed by atoms with Crippen LogP contribution >= 0.6 is 0 Å². The second-order valence-corrected chi connectivity index (χ2v) is 5.98. The smallest absolute Gasteiger partial charge is 0.321 e. The normalized spacial score (nSPS) is 24.6.